The SMILES string of the molecule is CC1=CC(=O)c2c(O)cc(C)c(Br)c2C1=O. The average Bonchev–Trinajstić information content (AvgIpc) is 2.20. The smallest absolute Gasteiger partial charge is 0.190 e. The number of phenols is 1. The Hall–Kier alpha value is -1.42. The molecule has 0 bridgehead atoms. The molecule has 0 aromatic heterocycles. The van der Waals surface area contributed by atoms with Crippen LogP contribution < -0.4 is 0 Å². The zero-order valence-electron chi connectivity index (χ0n) is 8.80. The first-order valence-corrected chi connectivity index (χ1v) is 5.52. The number of rotatable bonds is 0. The minimum atomic E-state index is -0.328. The highest BCUT2D eigenvalue weighted by atomic mass is 79.9. The van der Waals surface area contributed by atoms with Crippen molar-refractivity contribution < 1.29 is 14.7 Å². The van der Waals surface area contributed by atoms with Gasteiger partial charge in [0, 0.05) is 10.0 Å². The van der Waals surface area contributed by atoms with Gasteiger partial charge in [0.15, 0.2) is 11.6 Å². The van der Waals surface area contributed by atoms with Crippen LogP contribution in [0.2, 0.25) is 0 Å². The van der Waals surface area contributed by atoms with E-state index in [4.69, 9.17) is 0 Å². The summed E-state index contributed by atoms with van der Waals surface area (Å²) in [6.07, 6.45) is 1.26. The maximum atomic E-state index is 11.9. The first-order chi connectivity index (χ1) is 7.43. The molecule has 16 heavy (non-hydrogen) atoms. The molecule has 0 amide bonds. The lowest BCUT2D eigenvalue weighted by atomic mass is 9.88. The van der Waals surface area contributed by atoms with Crippen molar-refractivity contribution in [2.45, 2.75) is 13.8 Å². The number of ketones is 2. The molecular formula is C12H9BrO3. The van der Waals surface area contributed by atoms with Crippen LogP contribution in [0, 0.1) is 6.92 Å². The third kappa shape index (κ3) is 1.41. The van der Waals surface area contributed by atoms with Crippen molar-refractivity contribution in [3.8, 4) is 5.75 Å². The Morgan fingerprint density at radius 2 is 1.81 bits per heavy atom. The molecule has 1 aliphatic carbocycles. The van der Waals surface area contributed by atoms with Gasteiger partial charge in [0.2, 0.25) is 0 Å². The minimum Gasteiger partial charge on any atom is -0.507 e. The quantitative estimate of drug-likeness (QED) is 0.795. The van der Waals surface area contributed by atoms with Crippen molar-refractivity contribution in [1.82, 2.24) is 0 Å². The molecule has 2 rings (SSSR count). The Labute approximate surface area is 101 Å². The molecule has 0 fully saturated rings. The molecule has 1 aliphatic rings. The number of fused-ring (bicyclic) bond motifs is 1. The summed E-state index contributed by atoms with van der Waals surface area (Å²) >= 11 is 3.28. The third-order valence-corrected chi connectivity index (χ3v) is 3.63. The molecule has 0 heterocycles. The fourth-order valence-electron chi connectivity index (χ4n) is 1.77. The summed E-state index contributed by atoms with van der Waals surface area (Å²) in [7, 11) is 0. The average molecular weight is 281 g/mol. The van der Waals surface area contributed by atoms with Gasteiger partial charge in [0.05, 0.1) is 11.1 Å². The van der Waals surface area contributed by atoms with Crippen LogP contribution in [-0.4, -0.2) is 16.7 Å². The summed E-state index contributed by atoms with van der Waals surface area (Å²) < 4.78 is 0.575. The standard InChI is InChI=1S/C12H9BrO3/c1-5-3-7(14)9-8(15)4-6(2)12(16)10(9)11(5)13/h3-4,14H,1-2H3. The summed E-state index contributed by atoms with van der Waals surface area (Å²) in [5.41, 5.74) is 1.48. The maximum absolute atomic E-state index is 11.9. The normalized spacial score (nSPS) is 14.8. The number of aromatic hydroxyl groups is 1. The van der Waals surface area contributed by atoms with Crippen LogP contribution in [0.4, 0.5) is 0 Å². The van der Waals surface area contributed by atoms with Gasteiger partial charge in [0.1, 0.15) is 5.75 Å². The molecule has 0 aliphatic heterocycles. The summed E-state index contributed by atoms with van der Waals surface area (Å²) in [4.78, 5) is 23.6. The van der Waals surface area contributed by atoms with Gasteiger partial charge in [-0.1, -0.05) is 0 Å². The van der Waals surface area contributed by atoms with Crippen molar-refractivity contribution in [2.75, 3.05) is 0 Å². The Balaban J connectivity index is 2.87. The van der Waals surface area contributed by atoms with Crippen LogP contribution in [-0.2, 0) is 0 Å². The van der Waals surface area contributed by atoms with E-state index in [1.165, 1.54) is 12.1 Å². The second-order valence-electron chi connectivity index (χ2n) is 3.80. The predicted octanol–water partition coefficient (Wildman–Crippen LogP) is 2.79. The largest absolute Gasteiger partial charge is 0.507 e. The molecule has 0 saturated carbocycles. The van der Waals surface area contributed by atoms with Crippen molar-refractivity contribution in [2.24, 2.45) is 0 Å². The number of benzene rings is 1. The van der Waals surface area contributed by atoms with Crippen molar-refractivity contribution in [3.05, 3.63) is 38.9 Å². The van der Waals surface area contributed by atoms with Crippen LogP contribution >= 0.6 is 15.9 Å². The monoisotopic (exact) mass is 280 g/mol. The maximum Gasteiger partial charge on any atom is 0.190 e. The molecule has 1 aromatic rings. The molecule has 0 saturated heterocycles. The second kappa shape index (κ2) is 3.56. The number of carbonyl (C=O) groups is 2. The van der Waals surface area contributed by atoms with E-state index >= 15 is 0 Å². The highest BCUT2D eigenvalue weighted by Gasteiger charge is 2.29. The van der Waals surface area contributed by atoms with Crippen LogP contribution in [0.15, 0.2) is 22.2 Å². The van der Waals surface area contributed by atoms with E-state index in [9.17, 15) is 14.7 Å². The van der Waals surface area contributed by atoms with Gasteiger partial charge in [-0.3, -0.25) is 9.59 Å². The zero-order chi connectivity index (χ0) is 12.0. The molecule has 82 valence electrons. The zero-order valence-corrected chi connectivity index (χ0v) is 10.4. The number of hydrogen-bond acceptors (Lipinski definition) is 3. The van der Waals surface area contributed by atoms with E-state index in [0.29, 0.717) is 10.0 Å². The Kier molecular flexibility index (Phi) is 2.46. The summed E-state index contributed by atoms with van der Waals surface area (Å²) in [6.45, 7) is 3.35. The van der Waals surface area contributed by atoms with Crippen molar-refractivity contribution >= 4 is 27.5 Å². The first kappa shape index (κ1) is 11.1. The van der Waals surface area contributed by atoms with Gasteiger partial charge in [0.25, 0.3) is 0 Å². The number of hydrogen-bond donors (Lipinski definition) is 1. The van der Waals surface area contributed by atoms with Gasteiger partial charge in [-0.15, -0.1) is 0 Å². The molecule has 0 unspecified atom stereocenters. The van der Waals surface area contributed by atoms with Crippen LogP contribution in [0.25, 0.3) is 0 Å². The molecule has 1 N–H and O–H groups in total. The Bertz CT molecular complexity index is 556. The van der Waals surface area contributed by atoms with Crippen LogP contribution in [0.5, 0.6) is 5.75 Å². The van der Waals surface area contributed by atoms with Crippen molar-refractivity contribution in [1.29, 1.82) is 0 Å². The topological polar surface area (TPSA) is 54.4 Å². The first-order valence-electron chi connectivity index (χ1n) is 4.73. The van der Waals surface area contributed by atoms with E-state index in [0.717, 1.165) is 5.56 Å². The fraction of sp³-hybridized carbons (Fsp3) is 0.167. The molecule has 0 radical (unpaired) electrons. The highest BCUT2D eigenvalue weighted by molar-refractivity contribution is 9.10. The van der Waals surface area contributed by atoms with Crippen LogP contribution in [0.1, 0.15) is 33.2 Å². The third-order valence-electron chi connectivity index (χ3n) is 2.60. The van der Waals surface area contributed by atoms with Gasteiger partial charge in [-0.25, -0.2) is 0 Å². The number of Topliss-reactive ketones (excluding diaryl/α,β-unsaturated/α-hetero) is 1. The lowest BCUT2D eigenvalue weighted by Gasteiger charge is -2.16. The number of phenolic OH excluding ortho intramolecular Hbond substituents is 1. The Morgan fingerprint density at radius 1 is 1.19 bits per heavy atom. The highest BCUT2D eigenvalue weighted by Crippen LogP contribution is 2.36. The van der Waals surface area contributed by atoms with Gasteiger partial charge in [-0.05, 0) is 47.5 Å². The molecule has 0 spiro atoms. The summed E-state index contributed by atoms with van der Waals surface area (Å²) in [6, 6.07) is 1.47. The van der Waals surface area contributed by atoms with Gasteiger partial charge < -0.3 is 5.11 Å². The lowest BCUT2D eigenvalue weighted by molar-refractivity contribution is 0.0981. The van der Waals surface area contributed by atoms with Crippen LogP contribution in [0.3, 0.4) is 0 Å². The van der Waals surface area contributed by atoms with E-state index in [1.807, 2.05) is 0 Å². The van der Waals surface area contributed by atoms with E-state index in [-0.39, 0.29) is 28.4 Å². The van der Waals surface area contributed by atoms with E-state index < -0.39 is 0 Å². The van der Waals surface area contributed by atoms with E-state index in [1.54, 1.807) is 13.8 Å². The van der Waals surface area contributed by atoms with Crippen molar-refractivity contribution in [3.63, 3.8) is 0 Å². The molecule has 0 atom stereocenters. The summed E-state index contributed by atoms with van der Waals surface area (Å²) in [5.74, 6) is -0.691. The second-order valence-corrected chi connectivity index (χ2v) is 4.59. The number of halogens is 1. The number of aryl methyl sites for hydroxylation is 1. The number of carbonyl (C=O) groups excluding carboxylic acids is 2. The lowest BCUT2D eigenvalue weighted by Crippen LogP contribution is -2.17. The number of allylic oxidation sites excluding steroid dienone is 2. The molecule has 4 heteroatoms. The molecule has 3 nitrogen and oxygen atoms in total. The summed E-state index contributed by atoms with van der Waals surface area (Å²) in [5, 5.41) is 9.71. The predicted molar refractivity (Wildman–Crippen MR) is 63.0 cm³/mol. The minimum absolute atomic E-state index is 0.0908. The molecule has 1 aromatic carbocycles. The fourth-order valence-corrected chi connectivity index (χ4v) is 2.26. The molecular weight excluding hydrogens is 272 g/mol. The van der Waals surface area contributed by atoms with E-state index in [2.05, 4.69) is 15.9 Å². The van der Waals surface area contributed by atoms with Gasteiger partial charge >= 0.3 is 0 Å². The van der Waals surface area contributed by atoms with Gasteiger partial charge in [-0.2, -0.15) is 0 Å². The Morgan fingerprint density at radius 3 is 2.44 bits per heavy atom.